The number of carbonyl (C=O) groups excluding carboxylic acids is 1. The summed E-state index contributed by atoms with van der Waals surface area (Å²) in [6.07, 6.45) is 0.739. The molecule has 7 heteroatoms. The first-order chi connectivity index (χ1) is 7.79. The van der Waals surface area contributed by atoms with Crippen molar-refractivity contribution in [2.24, 2.45) is 0 Å². The fraction of sp³-hybridized carbons (Fsp3) is 0.700. The lowest BCUT2D eigenvalue weighted by molar-refractivity contribution is -0.140. The van der Waals surface area contributed by atoms with Gasteiger partial charge in [0.15, 0.2) is 5.44 Å². The van der Waals surface area contributed by atoms with Gasteiger partial charge >= 0.3 is 5.97 Å². The summed E-state index contributed by atoms with van der Waals surface area (Å²) in [5, 5.41) is 0. The van der Waals surface area contributed by atoms with Crippen LogP contribution in [0.5, 0.6) is 0 Å². The fourth-order valence-electron chi connectivity index (χ4n) is 0.991. The maximum atomic E-state index is 11.0. The van der Waals surface area contributed by atoms with Gasteiger partial charge < -0.3 is 9.47 Å². The lowest BCUT2D eigenvalue weighted by Gasteiger charge is -2.14. The monoisotopic (exact) mass is 266 g/mol. The first-order valence-electron chi connectivity index (χ1n) is 5.19. The molecule has 17 heavy (non-hydrogen) atoms. The molecule has 0 spiro atoms. The van der Waals surface area contributed by atoms with E-state index in [4.69, 9.17) is 14.0 Å². The number of ether oxygens (including phenoxy) is 2. The Morgan fingerprint density at radius 1 is 1.41 bits per heavy atom. The predicted molar refractivity (Wildman–Crippen MR) is 62.0 cm³/mol. The average molecular weight is 266 g/mol. The number of hydrogen-bond donors (Lipinski definition) is 1. The van der Waals surface area contributed by atoms with E-state index in [0.29, 0.717) is 6.42 Å². The van der Waals surface area contributed by atoms with Gasteiger partial charge in [0.2, 0.25) is 0 Å². The van der Waals surface area contributed by atoms with Crippen molar-refractivity contribution in [2.45, 2.75) is 32.1 Å². The lowest BCUT2D eigenvalue weighted by atomic mass is 10.3. The second kappa shape index (κ2) is 7.41. The van der Waals surface area contributed by atoms with Gasteiger partial charge in [-0.1, -0.05) is 19.9 Å². The molecule has 0 aliphatic rings. The molecule has 100 valence electrons. The molecule has 6 nitrogen and oxygen atoms in total. The molecule has 0 heterocycles. The van der Waals surface area contributed by atoms with Crippen molar-refractivity contribution in [2.75, 3.05) is 13.2 Å². The van der Waals surface area contributed by atoms with Gasteiger partial charge in [-0.2, -0.15) is 8.42 Å². The first-order valence-corrected chi connectivity index (χ1v) is 6.70. The molecule has 0 rings (SSSR count). The second-order valence-corrected chi connectivity index (χ2v) is 5.08. The Bertz CT molecular complexity index is 359. The Labute approximate surface area is 101 Å². The van der Waals surface area contributed by atoms with Crippen molar-refractivity contribution in [3.05, 3.63) is 12.2 Å². The number of hydrogen-bond acceptors (Lipinski definition) is 5. The Balaban J connectivity index is 4.00. The SMILES string of the molecule is C=C(C)C(=O)OCCOC(CCC)S(=O)(=O)O. The smallest absolute Gasteiger partial charge is 0.333 e. The topological polar surface area (TPSA) is 89.9 Å². The molecule has 0 aromatic carbocycles. The van der Waals surface area contributed by atoms with Crippen LogP contribution in [0.25, 0.3) is 0 Å². The summed E-state index contributed by atoms with van der Waals surface area (Å²) in [5.74, 6) is -0.563. The van der Waals surface area contributed by atoms with E-state index < -0.39 is 21.5 Å². The first kappa shape index (κ1) is 16.1. The largest absolute Gasteiger partial charge is 0.460 e. The van der Waals surface area contributed by atoms with Crippen molar-refractivity contribution < 1.29 is 27.2 Å². The summed E-state index contributed by atoms with van der Waals surface area (Å²) in [6, 6.07) is 0. The van der Waals surface area contributed by atoms with Crippen LogP contribution in [0.1, 0.15) is 26.7 Å². The van der Waals surface area contributed by atoms with E-state index in [0.717, 1.165) is 0 Å². The highest BCUT2D eigenvalue weighted by Gasteiger charge is 2.22. The number of esters is 1. The minimum Gasteiger partial charge on any atom is -0.460 e. The summed E-state index contributed by atoms with van der Waals surface area (Å²) in [6.45, 7) is 6.48. The van der Waals surface area contributed by atoms with Crippen LogP contribution in [0.15, 0.2) is 12.2 Å². The number of rotatable bonds is 8. The van der Waals surface area contributed by atoms with Gasteiger partial charge in [0.25, 0.3) is 10.1 Å². The highest BCUT2D eigenvalue weighted by atomic mass is 32.2. The zero-order chi connectivity index (χ0) is 13.5. The van der Waals surface area contributed by atoms with E-state index in [1.165, 1.54) is 6.92 Å². The molecular formula is C10H18O6S. The van der Waals surface area contributed by atoms with Gasteiger partial charge in [0, 0.05) is 5.57 Å². The second-order valence-electron chi connectivity index (χ2n) is 3.52. The molecular weight excluding hydrogens is 248 g/mol. The average Bonchev–Trinajstić information content (AvgIpc) is 2.20. The van der Waals surface area contributed by atoms with Crippen molar-refractivity contribution in [3.63, 3.8) is 0 Å². The molecule has 0 saturated carbocycles. The molecule has 0 saturated heterocycles. The van der Waals surface area contributed by atoms with E-state index in [2.05, 4.69) is 6.58 Å². The van der Waals surface area contributed by atoms with E-state index in [-0.39, 0.29) is 25.2 Å². The Kier molecular flexibility index (Phi) is 7.01. The van der Waals surface area contributed by atoms with Crippen LogP contribution in [0.4, 0.5) is 0 Å². The standard InChI is InChI=1S/C10H18O6S/c1-4-5-9(17(12,13)14)15-6-7-16-10(11)8(2)3/h9H,2,4-7H2,1,3H3,(H,12,13,14). The fourth-order valence-corrected chi connectivity index (χ4v) is 1.79. The lowest BCUT2D eigenvalue weighted by Crippen LogP contribution is -2.26. The molecule has 1 atom stereocenters. The van der Waals surface area contributed by atoms with Gasteiger partial charge in [0.1, 0.15) is 6.61 Å². The Morgan fingerprint density at radius 2 is 2.00 bits per heavy atom. The third kappa shape index (κ3) is 7.09. The molecule has 0 amide bonds. The minimum absolute atomic E-state index is 0.0819. The maximum absolute atomic E-state index is 11.0. The van der Waals surface area contributed by atoms with Crippen molar-refractivity contribution in [1.29, 1.82) is 0 Å². The van der Waals surface area contributed by atoms with E-state index in [9.17, 15) is 13.2 Å². The summed E-state index contributed by atoms with van der Waals surface area (Å²) in [7, 11) is -4.22. The molecule has 0 aromatic rings. The Morgan fingerprint density at radius 3 is 2.41 bits per heavy atom. The van der Waals surface area contributed by atoms with Crippen LogP contribution in [-0.2, 0) is 24.4 Å². The van der Waals surface area contributed by atoms with Gasteiger partial charge in [0.05, 0.1) is 6.61 Å². The number of carbonyl (C=O) groups is 1. The summed E-state index contributed by atoms with van der Waals surface area (Å²) in [5.41, 5.74) is -1.01. The maximum Gasteiger partial charge on any atom is 0.333 e. The Hall–Kier alpha value is -0.920. The summed E-state index contributed by atoms with van der Waals surface area (Å²) in [4.78, 5) is 11.0. The third-order valence-corrected chi connectivity index (χ3v) is 2.86. The molecule has 1 N–H and O–H groups in total. The van der Waals surface area contributed by atoms with Crippen LogP contribution < -0.4 is 0 Å². The van der Waals surface area contributed by atoms with Crippen molar-refractivity contribution >= 4 is 16.1 Å². The molecule has 0 aliphatic heterocycles. The molecule has 0 aliphatic carbocycles. The molecule has 0 aromatic heterocycles. The molecule has 0 bridgehead atoms. The highest BCUT2D eigenvalue weighted by Crippen LogP contribution is 2.08. The van der Waals surface area contributed by atoms with Crippen LogP contribution >= 0.6 is 0 Å². The zero-order valence-corrected chi connectivity index (χ0v) is 10.8. The van der Waals surface area contributed by atoms with Crippen LogP contribution in [-0.4, -0.2) is 37.6 Å². The quantitative estimate of drug-likeness (QED) is 0.306. The van der Waals surface area contributed by atoms with Crippen LogP contribution in [0.3, 0.4) is 0 Å². The zero-order valence-electron chi connectivity index (χ0n) is 10.0. The van der Waals surface area contributed by atoms with Crippen LogP contribution in [0, 0.1) is 0 Å². The summed E-state index contributed by atoms with van der Waals surface area (Å²) < 4.78 is 40.2. The third-order valence-electron chi connectivity index (χ3n) is 1.83. The molecule has 1 unspecified atom stereocenters. The molecule has 0 radical (unpaired) electrons. The van der Waals surface area contributed by atoms with Gasteiger partial charge in [-0.05, 0) is 13.3 Å². The highest BCUT2D eigenvalue weighted by molar-refractivity contribution is 7.86. The summed E-state index contributed by atoms with van der Waals surface area (Å²) >= 11 is 0. The van der Waals surface area contributed by atoms with Gasteiger partial charge in [-0.15, -0.1) is 0 Å². The molecule has 0 fully saturated rings. The minimum atomic E-state index is -4.22. The predicted octanol–water partition coefficient (Wildman–Crippen LogP) is 1.14. The normalized spacial score (nSPS) is 13.1. The van der Waals surface area contributed by atoms with Crippen LogP contribution in [0.2, 0.25) is 0 Å². The van der Waals surface area contributed by atoms with E-state index in [1.807, 2.05) is 0 Å². The van der Waals surface area contributed by atoms with Crippen molar-refractivity contribution in [1.82, 2.24) is 0 Å². The van der Waals surface area contributed by atoms with Gasteiger partial charge in [-0.25, -0.2) is 4.79 Å². The van der Waals surface area contributed by atoms with E-state index in [1.54, 1.807) is 6.92 Å². The van der Waals surface area contributed by atoms with E-state index >= 15 is 0 Å². The van der Waals surface area contributed by atoms with Crippen molar-refractivity contribution in [3.8, 4) is 0 Å². The van der Waals surface area contributed by atoms with Gasteiger partial charge in [-0.3, -0.25) is 4.55 Å².